The smallest absolute Gasteiger partial charge is 0.262 e. The summed E-state index contributed by atoms with van der Waals surface area (Å²) in [5.74, 6) is -0.444. The average Bonchev–Trinajstić information content (AvgIpc) is 3.24. The molecule has 0 saturated heterocycles. The summed E-state index contributed by atoms with van der Waals surface area (Å²) in [6.07, 6.45) is 0.395. The van der Waals surface area contributed by atoms with Crippen LogP contribution in [-0.2, 0) is 11.8 Å². The molecule has 196 valence electrons. The summed E-state index contributed by atoms with van der Waals surface area (Å²) in [7, 11) is 1.93. The molecule has 1 amide bonds. The second kappa shape index (κ2) is 12.5. The van der Waals surface area contributed by atoms with E-state index in [2.05, 4.69) is 58.4 Å². The van der Waals surface area contributed by atoms with Gasteiger partial charge in [0.2, 0.25) is 0 Å². The molecule has 0 bridgehead atoms. The van der Waals surface area contributed by atoms with Crippen LogP contribution in [0.5, 0.6) is 0 Å². The Kier molecular flexibility index (Phi) is 9.48. The van der Waals surface area contributed by atoms with Crippen molar-refractivity contribution in [3.63, 3.8) is 0 Å². The first-order valence-electron chi connectivity index (χ1n) is 12.5. The van der Waals surface area contributed by atoms with Crippen LogP contribution < -0.4 is 16.0 Å². The molecule has 0 aliphatic heterocycles. The van der Waals surface area contributed by atoms with E-state index in [9.17, 15) is 15.2 Å². The zero-order valence-corrected chi connectivity index (χ0v) is 22.1. The molecule has 8 nitrogen and oxygen atoms in total. The summed E-state index contributed by atoms with van der Waals surface area (Å²) in [4.78, 5) is 12.9. The molecule has 0 aliphatic carbocycles. The van der Waals surface area contributed by atoms with E-state index in [0.29, 0.717) is 18.5 Å². The first kappa shape index (κ1) is 27.9. The van der Waals surface area contributed by atoms with Crippen LogP contribution in [0.2, 0.25) is 0 Å². The molecule has 0 spiro atoms. The Balaban J connectivity index is 1.83. The highest BCUT2D eigenvalue weighted by Gasteiger charge is 2.24. The van der Waals surface area contributed by atoms with Gasteiger partial charge in [-0.05, 0) is 79.4 Å². The number of aliphatic hydroxyl groups excluding tert-OH is 2. The van der Waals surface area contributed by atoms with Crippen LogP contribution in [0.4, 0.5) is 5.69 Å². The number of carbonyl (C=O) groups excluding carboxylic acids is 1. The molecule has 1 aromatic heterocycles. The van der Waals surface area contributed by atoms with Crippen LogP contribution in [0.1, 0.15) is 32.9 Å². The number of aliphatic hydroxyl groups is 2. The number of benzene rings is 2. The number of rotatable bonds is 12. The van der Waals surface area contributed by atoms with E-state index in [0.717, 1.165) is 46.5 Å². The molecule has 0 saturated carbocycles. The van der Waals surface area contributed by atoms with Crippen molar-refractivity contribution in [2.45, 2.75) is 32.7 Å². The fourth-order valence-corrected chi connectivity index (χ4v) is 4.34. The third-order valence-corrected chi connectivity index (χ3v) is 6.46. The molecule has 3 aromatic rings. The SMILES string of the molecule is C/C(=C(/C#N)C(=O)NC(C)(C)CCO)c1ccc(-c2ccc3cc(NCCNCCO)ccc3c2)n1C. The molecule has 8 heteroatoms. The first-order chi connectivity index (χ1) is 17.7. The lowest BCUT2D eigenvalue weighted by atomic mass is 9.99. The third-order valence-electron chi connectivity index (χ3n) is 6.46. The Labute approximate surface area is 218 Å². The number of allylic oxidation sites excluding steroid dienone is 1. The van der Waals surface area contributed by atoms with Crippen LogP contribution in [0.15, 0.2) is 54.1 Å². The fourth-order valence-electron chi connectivity index (χ4n) is 4.34. The first-order valence-corrected chi connectivity index (χ1v) is 12.5. The number of anilines is 1. The number of fused-ring (bicyclic) bond motifs is 1. The van der Waals surface area contributed by atoms with Gasteiger partial charge in [0.1, 0.15) is 11.6 Å². The zero-order valence-electron chi connectivity index (χ0n) is 22.1. The topological polar surface area (TPSA) is 122 Å². The number of hydrogen-bond acceptors (Lipinski definition) is 6. The van der Waals surface area contributed by atoms with Crippen molar-refractivity contribution in [1.29, 1.82) is 5.26 Å². The molecule has 2 aromatic carbocycles. The van der Waals surface area contributed by atoms with E-state index in [4.69, 9.17) is 5.11 Å². The summed E-state index contributed by atoms with van der Waals surface area (Å²) in [6.45, 7) is 7.64. The van der Waals surface area contributed by atoms with E-state index in [-0.39, 0.29) is 18.8 Å². The van der Waals surface area contributed by atoms with E-state index >= 15 is 0 Å². The number of nitrogens with one attached hydrogen (secondary N) is 3. The van der Waals surface area contributed by atoms with Crippen LogP contribution in [0.3, 0.4) is 0 Å². The van der Waals surface area contributed by atoms with Gasteiger partial charge in [-0.25, -0.2) is 0 Å². The van der Waals surface area contributed by atoms with Gasteiger partial charge >= 0.3 is 0 Å². The van der Waals surface area contributed by atoms with E-state index in [1.165, 1.54) is 0 Å². The lowest BCUT2D eigenvalue weighted by Crippen LogP contribution is -2.44. The van der Waals surface area contributed by atoms with Crippen molar-refractivity contribution < 1.29 is 15.0 Å². The van der Waals surface area contributed by atoms with Gasteiger partial charge in [0.15, 0.2) is 0 Å². The highest BCUT2D eigenvalue weighted by atomic mass is 16.3. The molecule has 3 rings (SSSR count). The molecular weight excluding hydrogens is 466 g/mol. The number of hydrogen-bond donors (Lipinski definition) is 5. The predicted molar refractivity (Wildman–Crippen MR) is 149 cm³/mol. The molecule has 0 aliphatic rings. The molecule has 1 heterocycles. The van der Waals surface area contributed by atoms with Gasteiger partial charge < -0.3 is 30.7 Å². The average molecular weight is 504 g/mol. The van der Waals surface area contributed by atoms with E-state index in [1.54, 1.807) is 6.92 Å². The van der Waals surface area contributed by atoms with Gasteiger partial charge in [-0.15, -0.1) is 0 Å². The summed E-state index contributed by atoms with van der Waals surface area (Å²) in [5, 5.41) is 39.5. The minimum atomic E-state index is -0.620. The summed E-state index contributed by atoms with van der Waals surface area (Å²) in [5.41, 5.74) is 3.88. The van der Waals surface area contributed by atoms with Crippen LogP contribution in [0.25, 0.3) is 27.6 Å². The maximum Gasteiger partial charge on any atom is 0.262 e. The van der Waals surface area contributed by atoms with Crippen molar-refractivity contribution in [2.75, 3.05) is 38.2 Å². The van der Waals surface area contributed by atoms with E-state index < -0.39 is 11.4 Å². The highest BCUT2D eigenvalue weighted by molar-refractivity contribution is 6.04. The van der Waals surface area contributed by atoms with Gasteiger partial charge in [0, 0.05) is 55.9 Å². The lowest BCUT2D eigenvalue weighted by molar-refractivity contribution is -0.118. The van der Waals surface area contributed by atoms with Crippen molar-refractivity contribution in [2.24, 2.45) is 7.05 Å². The summed E-state index contributed by atoms with van der Waals surface area (Å²) in [6, 6.07) is 18.5. The molecule has 0 unspecified atom stereocenters. The van der Waals surface area contributed by atoms with Crippen molar-refractivity contribution in [3.05, 3.63) is 59.8 Å². The fraction of sp³-hybridized carbons (Fsp3) is 0.379. The molecule has 5 N–H and O–H groups in total. The van der Waals surface area contributed by atoms with Gasteiger partial charge in [-0.1, -0.05) is 18.2 Å². The second-order valence-corrected chi connectivity index (χ2v) is 9.76. The highest BCUT2D eigenvalue weighted by Crippen LogP contribution is 2.30. The van der Waals surface area contributed by atoms with Gasteiger partial charge in [-0.3, -0.25) is 4.79 Å². The van der Waals surface area contributed by atoms with Crippen molar-refractivity contribution in [3.8, 4) is 17.3 Å². The number of nitriles is 1. The minimum Gasteiger partial charge on any atom is -0.396 e. The molecule has 0 fully saturated rings. The summed E-state index contributed by atoms with van der Waals surface area (Å²) < 4.78 is 2.00. The van der Waals surface area contributed by atoms with Gasteiger partial charge in [-0.2, -0.15) is 5.26 Å². The Morgan fingerprint density at radius 2 is 1.73 bits per heavy atom. The minimum absolute atomic E-state index is 0.0501. The molecule has 37 heavy (non-hydrogen) atoms. The second-order valence-electron chi connectivity index (χ2n) is 9.76. The zero-order chi connectivity index (χ0) is 27.0. The number of aromatic nitrogens is 1. The van der Waals surface area contributed by atoms with Crippen LogP contribution >= 0.6 is 0 Å². The van der Waals surface area contributed by atoms with Crippen LogP contribution in [-0.4, -0.2) is 59.1 Å². The third kappa shape index (κ3) is 6.98. The monoisotopic (exact) mass is 503 g/mol. The number of nitrogens with zero attached hydrogens (tertiary/aromatic N) is 2. The van der Waals surface area contributed by atoms with Gasteiger partial charge in [0.25, 0.3) is 5.91 Å². The lowest BCUT2D eigenvalue weighted by Gasteiger charge is -2.25. The van der Waals surface area contributed by atoms with Gasteiger partial charge in [0.05, 0.1) is 6.61 Å². The summed E-state index contributed by atoms with van der Waals surface area (Å²) >= 11 is 0. The molecular formula is C29H37N5O3. The predicted octanol–water partition coefficient (Wildman–Crippen LogP) is 3.41. The quantitative estimate of drug-likeness (QED) is 0.147. The Hall–Kier alpha value is -3.64. The van der Waals surface area contributed by atoms with E-state index in [1.807, 2.05) is 37.6 Å². The number of amides is 1. The Morgan fingerprint density at radius 3 is 2.43 bits per heavy atom. The van der Waals surface area contributed by atoms with Crippen LogP contribution in [0, 0.1) is 11.3 Å². The maximum atomic E-state index is 12.9. The normalized spacial score (nSPS) is 12.2. The molecule has 0 atom stereocenters. The van der Waals surface area contributed by atoms with Crippen molar-refractivity contribution in [1.82, 2.24) is 15.2 Å². The Bertz CT molecular complexity index is 1320. The van der Waals surface area contributed by atoms with Crippen molar-refractivity contribution >= 4 is 27.9 Å². The number of carbonyl (C=O) groups is 1. The maximum absolute atomic E-state index is 12.9. The largest absolute Gasteiger partial charge is 0.396 e. The molecule has 0 radical (unpaired) electrons. The standard InChI is InChI=1S/C29H37N5O3/c1-20(25(19-30)28(37)33-29(2,3)11-15-35)26-9-10-27(34(26)4)23-6-5-22-18-24(8-7-21(22)17-23)32-13-12-31-14-16-36/h5-10,17-18,31-32,35-36H,11-16H2,1-4H3,(H,33,37)/b25-20+. The Morgan fingerprint density at radius 1 is 1.00 bits per heavy atom.